The first-order chi connectivity index (χ1) is 11.8. The van der Waals surface area contributed by atoms with E-state index in [1.54, 1.807) is 17.6 Å². The number of carbonyl (C=O) groups is 1. The van der Waals surface area contributed by atoms with Crippen LogP contribution in [0.25, 0.3) is 10.9 Å². The number of benzene rings is 2. The van der Waals surface area contributed by atoms with Gasteiger partial charge in [0.05, 0.1) is 6.04 Å². The van der Waals surface area contributed by atoms with E-state index in [0.717, 1.165) is 5.56 Å². The van der Waals surface area contributed by atoms with Crippen LogP contribution in [-0.4, -0.2) is 15.7 Å². The Bertz CT molecular complexity index is 902. The topological polar surface area (TPSA) is 54.3 Å². The van der Waals surface area contributed by atoms with Crippen molar-refractivity contribution in [2.45, 2.75) is 33.7 Å². The zero-order valence-corrected chi connectivity index (χ0v) is 15.1. The Balaban J connectivity index is 2.10. The molecule has 0 spiro atoms. The first kappa shape index (κ1) is 17.2. The van der Waals surface area contributed by atoms with Crippen LogP contribution >= 0.6 is 0 Å². The molecule has 0 saturated carbocycles. The third-order valence-electron chi connectivity index (χ3n) is 4.56. The number of aromatic nitrogens is 1. The molecule has 4 heteroatoms. The van der Waals surface area contributed by atoms with E-state index in [4.69, 9.17) is 5.21 Å². The van der Waals surface area contributed by atoms with Crippen LogP contribution in [0.4, 0.5) is 0 Å². The van der Waals surface area contributed by atoms with Crippen molar-refractivity contribution in [3.63, 3.8) is 0 Å². The largest absolute Gasteiger partial charge is 0.339 e. The van der Waals surface area contributed by atoms with E-state index in [2.05, 4.69) is 62.7 Å². The van der Waals surface area contributed by atoms with Crippen molar-refractivity contribution < 1.29 is 10.0 Å². The Morgan fingerprint density at radius 2 is 1.76 bits per heavy atom. The summed E-state index contributed by atoms with van der Waals surface area (Å²) in [6.07, 6.45) is 2.13. The van der Waals surface area contributed by atoms with Gasteiger partial charge < -0.3 is 4.57 Å². The summed E-state index contributed by atoms with van der Waals surface area (Å²) in [4.78, 5) is 11.6. The SMILES string of the molecule is Cc1ccc2c(ccn2C(c2ccc(C(=O)NO)cc2)C(C)(C)C)c1. The second-order valence-electron chi connectivity index (χ2n) is 7.62. The summed E-state index contributed by atoms with van der Waals surface area (Å²) < 4.78 is 2.30. The highest BCUT2D eigenvalue weighted by Gasteiger charge is 2.28. The molecule has 0 saturated heterocycles. The Labute approximate surface area is 148 Å². The molecule has 3 rings (SSSR count). The molecule has 2 aromatic carbocycles. The van der Waals surface area contributed by atoms with Crippen molar-refractivity contribution in [1.82, 2.24) is 10.0 Å². The number of hydrogen-bond donors (Lipinski definition) is 2. The molecule has 0 radical (unpaired) electrons. The molecule has 1 atom stereocenters. The molecule has 0 aliphatic rings. The molecular weight excluding hydrogens is 312 g/mol. The second kappa shape index (κ2) is 6.37. The smallest absolute Gasteiger partial charge is 0.274 e. The van der Waals surface area contributed by atoms with E-state index < -0.39 is 5.91 Å². The van der Waals surface area contributed by atoms with Gasteiger partial charge in [-0.25, -0.2) is 5.48 Å². The predicted octanol–water partition coefficient (Wildman–Crippen LogP) is 4.70. The van der Waals surface area contributed by atoms with Gasteiger partial charge >= 0.3 is 0 Å². The molecule has 25 heavy (non-hydrogen) atoms. The highest BCUT2D eigenvalue weighted by Crippen LogP contribution is 2.39. The van der Waals surface area contributed by atoms with Gasteiger partial charge in [0.25, 0.3) is 5.91 Å². The number of nitrogens with one attached hydrogen (secondary N) is 1. The summed E-state index contributed by atoms with van der Waals surface area (Å²) in [5.74, 6) is -0.499. The van der Waals surface area contributed by atoms with Crippen LogP contribution in [-0.2, 0) is 0 Å². The van der Waals surface area contributed by atoms with E-state index in [-0.39, 0.29) is 11.5 Å². The fourth-order valence-electron chi connectivity index (χ4n) is 3.47. The third kappa shape index (κ3) is 3.30. The van der Waals surface area contributed by atoms with Crippen LogP contribution < -0.4 is 5.48 Å². The molecule has 2 N–H and O–H groups in total. The maximum atomic E-state index is 11.6. The van der Waals surface area contributed by atoms with Crippen molar-refractivity contribution >= 4 is 16.8 Å². The lowest BCUT2D eigenvalue weighted by atomic mass is 9.82. The van der Waals surface area contributed by atoms with Crippen molar-refractivity contribution in [2.75, 3.05) is 0 Å². The zero-order chi connectivity index (χ0) is 18.2. The lowest BCUT2D eigenvalue weighted by molar-refractivity contribution is 0.0706. The average Bonchev–Trinajstić information content (AvgIpc) is 2.96. The van der Waals surface area contributed by atoms with Gasteiger partial charge in [0, 0.05) is 17.3 Å². The summed E-state index contributed by atoms with van der Waals surface area (Å²) in [6.45, 7) is 8.74. The van der Waals surface area contributed by atoms with Gasteiger partial charge in [-0.15, -0.1) is 0 Å². The number of fused-ring (bicyclic) bond motifs is 1. The van der Waals surface area contributed by atoms with Gasteiger partial charge in [0.2, 0.25) is 0 Å². The van der Waals surface area contributed by atoms with Crippen LogP contribution in [0.2, 0.25) is 0 Å². The minimum absolute atomic E-state index is 0.0163. The highest BCUT2D eigenvalue weighted by atomic mass is 16.5. The van der Waals surface area contributed by atoms with Crippen molar-refractivity contribution in [3.05, 3.63) is 71.4 Å². The van der Waals surface area contributed by atoms with Gasteiger partial charge in [0.15, 0.2) is 0 Å². The fourth-order valence-corrected chi connectivity index (χ4v) is 3.47. The molecule has 1 aromatic heterocycles. The van der Waals surface area contributed by atoms with E-state index in [0.29, 0.717) is 5.56 Å². The first-order valence-corrected chi connectivity index (χ1v) is 8.43. The van der Waals surface area contributed by atoms with Crippen LogP contribution in [0.1, 0.15) is 48.3 Å². The maximum absolute atomic E-state index is 11.6. The fraction of sp³-hybridized carbons (Fsp3) is 0.286. The zero-order valence-electron chi connectivity index (χ0n) is 15.1. The Kier molecular flexibility index (Phi) is 4.39. The normalized spacial score (nSPS) is 13.0. The van der Waals surface area contributed by atoms with Crippen molar-refractivity contribution in [1.29, 1.82) is 0 Å². The lowest BCUT2D eigenvalue weighted by Crippen LogP contribution is -2.25. The number of hydrogen-bond acceptors (Lipinski definition) is 2. The number of hydroxylamine groups is 1. The van der Waals surface area contributed by atoms with E-state index in [1.807, 2.05) is 12.1 Å². The standard InChI is InChI=1S/C21H24N2O2/c1-14-5-10-18-17(13-14)11-12-23(18)19(21(2,3)4)15-6-8-16(9-7-15)20(24)22-25/h5-13,19,25H,1-4H3,(H,22,24). The van der Waals surface area contributed by atoms with Gasteiger partial charge in [-0.3, -0.25) is 10.0 Å². The maximum Gasteiger partial charge on any atom is 0.274 e. The van der Waals surface area contributed by atoms with Crippen molar-refractivity contribution in [3.8, 4) is 0 Å². The first-order valence-electron chi connectivity index (χ1n) is 8.43. The number of rotatable bonds is 3. The second-order valence-corrected chi connectivity index (χ2v) is 7.62. The molecule has 130 valence electrons. The molecule has 0 aliphatic carbocycles. The number of aryl methyl sites for hydroxylation is 1. The summed E-state index contributed by atoms with van der Waals surface area (Å²) >= 11 is 0. The minimum Gasteiger partial charge on any atom is -0.339 e. The summed E-state index contributed by atoms with van der Waals surface area (Å²) in [5.41, 5.74) is 5.66. The molecule has 1 unspecified atom stereocenters. The predicted molar refractivity (Wildman–Crippen MR) is 100.0 cm³/mol. The Morgan fingerprint density at radius 1 is 1.08 bits per heavy atom. The number of carbonyl (C=O) groups excluding carboxylic acids is 1. The Hall–Kier alpha value is -2.59. The molecule has 1 amide bonds. The monoisotopic (exact) mass is 336 g/mol. The van der Waals surface area contributed by atoms with E-state index >= 15 is 0 Å². The van der Waals surface area contributed by atoms with Crippen LogP contribution in [0.5, 0.6) is 0 Å². The van der Waals surface area contributed by atoms with Crippen LogP contribution in [0.3, 0.4) is 0 Å². The van der Waals surface area contributed by atoms with Crippen LogP contribution in [0.15, 0.2) is 54.7 Å². The molecule has 4 nitrogen and oxygen atoms in total. The molecule has 1 heterocycles. The molecule has 0 fully saturated rings. The van der Waals surface area contributed by atoms with E-state index in [1.165, 1.54) is 16.5 Å². The molecular formula is C21H24N2O2. The summed E-state index contributed by atoms with van der Waals surface area (Å²) in [5, 5.41) is 10.0. The van der Waals surface area contributed by atoms with Gasteiger partial charge in [-0.2, -0.15) is 0 Å². The van der Waals surface area contributed by atoms with Gasteiger partial charge in [-0.05, 0) is 53.6 Å². The highest BCUT2D eigenvalue weighted by molar-refractivity contribution is 5.93. The van der Waals surface area contributed by atoms with Gasteiger partial charge in [-0.1, -0.05) is 44.5 Å². The van der Waals surface area contributed by atoms with Gasteiger partial charge in [0.1, 0.15) is 0 Å². The van der Waals surface area contributed by atoms with Crippen molar-refractivity contribution in [2.24, 2.45) is 5.41 Å². The quantitative estimate of drug-likeness (QED) is 0.538. The molecule has 3 aromatic rings. The Morgan fingerprint density at radius 3 is 2.36 bits per heavy atom. The summed E-state index contributed by atoms with van der Waals surface area (Å²) in [7, 11) is 0. The molecule has 0 aliphatic heterocycles. The number of nitrogens with zero attached hydrogens (tertiary/aromatic N) is 1. The molecule has 0 bridgehead atoms. The summed E-state index contributed by atoms with van der Waals surface area (Å²) in [6, 6.07) is 16.2. The van der Waals surface area contributed by atoms with E-state index in [9.17, 15) is 4.79 Å². The minimum atomic E-state index is -0.499. The lowest BCUT2D eigenvalue weighted by Gasteiger charge is -2.33. The average molecular weight is 336 g/mol. The van der Waals surface area contributed by atoms with Crippen LogP contribution in [0, 0.1) is 12.3 Å². The number of amides is 1. The third-order valence-corrected chi connectivity index (χ3v) is 4.56.